The highest BCUT2D eigenvalue weighted by Crippen LogP contribution is 2.29. The first-order valence-electron chi connectivity index (χ1n) is 10.2. The van der Waals surface area contributed by atoms with Crippen LogP contribution in [0.2, 0.25) is 0 Å². The van der Waals surface area contributed by atoms with Gasteiger partial charge < -0.3 is 19.5 Å². The van der Waals surface area contributed by atoms with Gasteiger partial charge in [-0.1, -0.05) is 12.1 Å². The Morgan fingerprint density at radius 2 is 1.48 bits per heavy atom. The monoisotopic (exact) mass is 470 g/mol. The van der Waals surface area contributed by atoms with Gasteiger partial charge in [-0.2, -0.15) is 0 Å². The Morgan fingerprint density at radius 1 is 0.848 bits per heavy atom. The molecule has 3 aromatic carbocycles. The second-order valence-electron chi connectivity index (χ2n) is 7.00. The zero-order valence-corrected chi connectivity index (χ0v) is 19.4. The van der Waals surface area contributed by atoms with Gasteiger partial charge in [-0.15, -0.1) is 0 Å². The van der Waals surface area contributed by atoms with E-state index in [0.29, 0.717) is 29.5 Å². The molecule has 0 atom stereocenters. The number of amides is 1. The maximum atomic E-state index is 13.0. The molecule has 174 valence electrons. The second kappa shape index (κ2) is 10.7. The average molecular weight is 471 g/mol. The SMILES string of the molecule is CCOc1ccc(NS(=O)(=O)c2cc(NC(=O)Cc3ccc(OC)cc3)ccc2OC)cc1. The van der Waals surface area contributed by atoms with E-state index in [9.17, 15) is 13.2 Å². The fraction of sp³-hybridized carbons (Fsp3) is 0.208. The van der Waals surface area contributed by atoms with Crippen molar-refractivity contribution in [3.8, 4) is 17.2 Å². The Hall–Kier alpha value is -3.72. The van der Waals surface area contributed by atoms with Crippen molar-refractivity contribution in [2.24, 2.45) is 0 Å². The number of methoxy groups -OCH3 is 2. The highest BCUT2D eigenvalue weighted by atomic mass is 32.2. The van der Waals surface area contributed by atoms with E-state index >= 15 is 0 Å². The molecule has 0 unspecified atom stereocenters. The maximum Gasteiger partial charge on any atom is 0.265 e. The number of carbonyl (C=O) groups is 1. The van der Waals surface area contributed by atoms with E-state index in [1.807, 2.05) is 6.92 Å². The first-order valence-corrected chi connectivity index (χ1v) is 11.7. The zero-order chi connectivity index (χ0) is 23.8. The third-order valence-electron chi connectivity index (χ3n) is 4.68. The largest absolute Gasteiger partial charge is 0.497 e. The number of carbonyl (C=O) groups excluding carboxylic acids is 1. The Balaban J connectivity index is 1.76. The van der Waals surface area contributed by atoms with Gasteiger partial charge in [0.25, 0.3) is 10.0 Å². The van der Waals surface area contributed by atoms with E-state index in [1.165, 1.54) is 19.2 Å². The molecule has 0 aromatic heterocycles. The lowest BCUT2D eigenvalue weighted by atomic mass is 10.1. The van der Waals surface area contributed by atoms with E-state index in [0.717, 1.165) is 5.56 Å². The van der Waals surface area contributed by atoms with Gasteiger partial charge in [0.2, 0.25) is 5.91 Å². The Labute approximate surface area is 193 Å². The van der Waals surface area contributed by atoms with E-state index in [-0.39, 0.29) is 23.0 Å². The van der Waals surface area contributed by atoms with Crippen molar-refractivity contribution in [3.63, 3.8) is 0 Å². The summed E-state index contributed by atoms with van der Waals surface area (Å²) in [5.74, 6) is 1.21. The molecule has 0 aliphatic carbocycles. The smallest absolute Gasteiger partial charge is 0.265 e. The van der Waals surface area contributed by atoms with Crippen LogP contribution in [0.1, 0.15) is 12.5 Å². The van der Waals surface area contributed by atoms with E-state index in [2.05, 4.69) is 10.0 Å². The third kappa shape index (κ3) is 6.39. The molecule has 0 saturated carbocycles. The number of hydrogen-bond acceptors (Lipinski definition) is 6. The summed E-state index contributed by atoms with van der Waals surface area (Å²) in [6, 6.07) is 18.1. The predicted molar refractivity (Wildman–Crippen MR) is 127 cm³/mol. The van der Waals surface area contributed by atoms with Crippen molar-refractivity contribution in [3.05, 3.63) is 72.3 Å². The molecule has 0 aliphatic heterocycles. The maximum absolute atomic E-state index is 13.0. The predicted octanol–water partition coefficient (Wildman–Crippen LogP) is 4.08. The Bertz CT molecular complexity index is 1190. The molecule has 0 spiro atoms. The Kier molecular flexibility index (Phi) is 7.78. The van der Waals surface area contributed by atoms with Gasteiger partial charge >= 0.3 is 0 Å². The first kappa shape index (κ1) is 23.9. The van der Waals surface area contributed by atoms with Crippen molar-refractivity contribution in [1.82, 2.24) is 0 Å². The lowest BCUT2D eigenvalue weighted by molar-refractivity contribution is -0.115. The third-order valence-corrected chi connectivity index (χ3v) is 6.08. The molecule has 0 heterocycles. The summed E-state index contributed by atoms with van der Waals surface area (Å²) in [6.07, 6.45) is 0.128. The summed E-state index contributed by atoms with van der Waals surface area (Å²) < 4.78 is 44.3. The summed E-state index contributed by atoms with van der Waals surface area (Å²) in [4.78, 5) is 12.4. The molecule has 0 radical (unpaired) electrons. The van der Waals surface area contributed by atoms with Gasteiger partial charge in [0.05, 0.1) is 27.2 Å². The minimum Gasteiger partial charge on any atom is -0.497 e. The van der Waals surface area contributed by atoms with E-state index in [1.54, 1.807) is 61.7 Å². The topological polar surface area (TPSA) is 103 Å². The van der Waals surface area contributed by atoms with Crippen LogP contribution in [-0.2, 0) is 21.2 Å². The molecular formula is C24H26N2O6S. The molecule has 8 nitrogen and oxygen atoms in total. The van der Waals surface area contributed by atoms with Gasteiger partial charge in [0.15, 0.2) is 0 Å². The van der Waals surface area contributed by atoms with Crippen LogP contribution in [-0.4, -0.2) is 35.2 Å². The zero-order valence-electron chi connectivity index (χ0n) is 18.6. The van der Waals surface area contributed by atoms with Crippen LogP contribution >= 0.6 is 0 Å². The van der Waals surface area contributed by atoms with Gasteiger partial charge in [0, 0.05) is 11.4 Å². The second-order valence-corrected chi connectivity index (χ2v) is 8.65. The number of rotatable bonds is 10. The molecule has 0 saturated heterocycles. The number of anilines is 2. The average Bonchev–Trinajstić information content (AvgIpc) is 2.81. The minimum atomic E-state index is -3.99. The van der Waals surface area contributed by atoms with Crippen LogP contribution in [0, 0.1) is 0 Å². The van der Waals surface area contributed by atoms with Crippen LogP contribution in [0.5, 0.6) is 17.2 Å². The van der Waals surface area contributed by atoms with E-state index in [4.69, 9.17) is 14.2 Å². The summed E-state index contributed by atoms with van der Waals surface area (Å²) in [5.41, 5.74) is 1.50. The van der Waals surface area contributed by atoms with Gasteiger partial charge in [-0.05, 0) is 67.1 Å². The normalized spacial score (nSPS) is 10.9. The molecular weight excluding hydrogens is 444 g/mol. The first-order chi connectivity index (χ1) is 15.8. The molecule has 0 bridgehead atoms. The highest BCUT2D eigenvalue weighted by molar-refractivity contribution is 7.92. The standard InChI is InChI=1S/C24H26N2O6S/c1-4-32-21-12-7-18(8-13-21)26-33(28,29)23-16-19(9-14-22(23)31-3)25-24(27)15-17-5-10-20(30-2)11-6-17/h5-14,16,26H,4,15H2,1-3H3,(H,25,27). The van der Waals surface area contributed by atoms with Crippen LogP contribution < -0.4 is 24.2 Å². The summed E-state index contributed by atoms with van der Waals surface area (Å²) in [5, 5.41) is 2.73. The van der Waals surface area contributed by atoms with Gasteiger partial charge in [-0.25, -0.2) is 8.42 Å². The summed E-state index contributed by atoms with van der Waals surface area (Å²) in [7, 11) is -1.03. The molecule has 33 heavy (non-hydrogen) atoms. The lowest BCUT2D eigenvalue weighted by Gasteiger charge is -2.14. The molecule has 1 amide bonds. The molecule has 0 fully saturated rings. The van der Waals surface area contributed by atoms with Crippen molar-refractivity contribution in [2.45, 2.75) is 18.2 Å². The fourth-order valence-electron chi connectivity index (χ4n) is 3.09. The van der Waals surface area contributed by atoms with Crippen molar-refractivity contribution < 1.29 is 27.4 Å². The summed E-state index contributed by atoms with van der Waals surface area (Å²) in [6.45, 7) is 2.38. The number of sulfonamides is 1. The molecule has 2 N–H and O–H groups in total. The quantitative estimate of drug-likeness (QED) is 0.463. The number of hydrogen-bond donors (Lipinski definition) is 2. The fourth-order valence-corrected chi connectivity index (χ4v) is 4.35. The summed E-state index contributed by atoms with van der Waals surface area (Å²) >= 11 is 0. The highest BCUT2D eigenvalue weighted by Gasteiger charge is 2.21. The molecule has 3 rings (SSSR count). The lowest BCUT2D eigenvalue weighted by Crippen LogP contribution is -2.17. The van der Waals surface area contributed by atoms with Crippen LogP contribution in [0.25, 0.3) is 0 Å². The van der Waals surface area contributed by atoms with Crippen LogP contribution in [0.4, 0.5) is 11.4 Å². The van der Waals surface area contributed by atoms with Crippen LogP contribution in [0.15, 0.2) is 71.6 Å². The van der Waals surface area contributed by atoms with Gasteiger partial charge in [0.1, 0.15) is 22.1 Å². The molecule has 9 heteroatoms. The van der Waals surface area contributed by atoms with Crippen molar-refractivity contribution >= 4 is 27.3 Å². The molecule has 0 aliphatic rings. The molecule has 3 aromatic rings. The Morgan fingerprint density at radius 3 is 2.09 bits per heavy atom. The van der Waals surface area contributed by atoms with E-state index < -0.39 is 10.0 Å². The minimum absolute atomic E-state index is 0.0962. The van der Waals surface area contributed by atoms with Crippen molar-refractivity contribution in [2.75, 3.05) is 30.9 Å². The van der Waals surface area contributed by atoms with Crippen molar-refractivity contribution in [1.29, 1.82) is 0 Å². The van der Waals surface area contributed by atoms with Crippen LogP contribution in [0.3, 0.4) is 0 Å². The number of nitrogens with one attached hydrogen (secondary N) is 2. The number of ether oxygens (including phenoxy) is 3. The number of benzene rings is 3. The van der Waals surface area contributed by atoms with Gasteiger partial charge in [-0.3, -0.25) is 9.52 Å².